The van der Waals surface area contributed by atoms with Crippen LogP contribution in [0.1, 0.15) is 5.01 Å². The van der Waals surface area contributed by atoms with Crippen LogP contribution < -0.4 is 0 Å². The van der Waals surface area contributed by atoms with Crippen molar-refractivity contribution in [1.29, 1.82) is 0 Å². The SMILES string of the molecule is Cc1nc2ccccc2s1.[KH]. The van der Waals surface area contributed by atoms with Gasteiger partial charge in [0.05, 0.1) is 15.2 Å². The van der Waals surface area contributed by atoms with Gasteiger partial charge in [-0.2, -0.15) is 0 Å². The van der Waals surface area contributed by atoms with E-state index in [1.165, 1.54) is 4.70 Å². The Hall–Kier alpha value is 0.746. The summed E-state index contributed by atoms with van der Waals surface area (Å²) in [7, 11) is 0. The number of benzene rings is 1. The molecule has 0 spiro atoms. The molecular formula is C8H8KNS. The average molecular weight is 189 g/mol. The number of hydrogen-bond donors (Lipinski definition) is 0. The van der Waals surface area contributed by atoms with Gasteiger partial charge in [0.15, 0.2) is 0 Å². The van der Waals surface area contributed by atoms with Crippen LogP contribution in [0.4, 0.5) is 0 Å². The van der Waals surface area contributed by atoms with Gasteiger partial charge in [-0.05, 0) is 19.1 Å². The van der Waals surface area contributed by atoms with Crippen LogP contribution in [0.5, 0.6) is 0 Å². The van der Waals surface area contributed by atoms with Crippen LogP contribution in [0.25, 0.3) is 10.2 Å². The fourth-order valence-electron chi connectivity index (χ4n) is 0.987. The molecule has 0 radical (unpaired) electrons. The molecule has 0 aliphatic rings. The molecule has 0 aliphatic carbocycles. The van der Waals surface area contributed by atoms with Crippen LogP contribution in [0, 0.1) is 6.92 Å². The molecule has 0 amide bonds. The zero-order valence-electron chi connectivity index (χ0n) is 5.66. The summed E-state index contributed by atoms with van der Waals surface area (Å²) in [5.74, 6) is 0. The molecule has 1 heterocycles. The molecule has 0 aliphatic heterocycles. The third-order valence-electron chi connectivity index (χ3n) is 1.40. The second-order valence-electron chi connectivity index (χ2n) is 2.20. The van der Waals surface area contributed by atoms with Crippen LogP contribution in [-0.2, 0) is 0 Å². The molecular weight excluding hydrogens is 181 g/mol. The first kappa shape index (κ1) is 9.83. The molecule has 0 saturated carbocycles. The molecule has 2 aromatic rings. The van der Waals surface area contributed by atoms with Crippen molar-refractivity contribution in [3.63, 3.8) is 0 Å². The number of rotatable bonds is 0. The Morgan fingerprint density at radius 2 is 2.00 bits per heavy atom. The van der Waals surface area contributed by atoms with Gasteiger partial charge in [-0.15, -0.1) is 11.3 Å². The van der Waals surface area contributed by atoms with Crippen molar-refractivity contribution < 1.29 is 0 Å². The molecule has 0 atom stereocenters. The standard InChI is InChI=1S/C8H7NS.K.H/c1-6-9-7-4-2-3-5-8(7)10-6;;/h2-5H,1H3;;. The van der Waals surface area contributed by atoms with E-state index in [0.29, 0.717) is 0 Å². The summed E-state index contributed by atoms with van der Waals surface area (Å²) in [5.41, 5.74) is 1.12. The number of para-hydroxylation sites is 1. The van der Waals surface area contributed by atoms with Crippen molar-refractivity contribution in [3.8, 4) is 0 Å². The molecule has 0 unspecified atom stereocenters. The molecule has 0 N–H and O–H groups in total. The first-order chi connectivity index (χ1) is 4.86. The van der Waals surface area contributed by atoms with Gasteiger partial charge in [-0.1, -0.05) is 12.1 Å². The van der Waals surface area contributed by atoms with Crippen LogP contribution in [0.15, 0.2) is 24.3 Å². The van der Waals surface area contributed by atoms with Gasteiger partial charge in [-0.25, -0.2) is 4.98 Å². The van der Waals surface area contributed by atoms with Gasteiger partial charge in [0.25, 0.3) is 0 Å². The number of nitrogens with zero attached hydrogens (tertiary/aromatic N) is 1. The Labute approximate surface area is 112 Å². The monoisotopic (exact) mass is 189 g/mol. The fourth-order valence-corrected chi connectivity index (χ4v) is 1.81. The van der Waals surface area contributed by atoms with E-state index >= 15 is 0 Å². The third kappa shape index (κ3) is 2.11. The first-order valence-electron chi connectivity index (χ1n) is 3.18. The van der Waals surface area contributed by atoms with E-state index in [1.807, 2.05) is 25.1 Å². The maximum atomic E-state index is 4.33. The number of aromatic nitrogens is 1. The van der Waals surface area contributed by atoms with Crippen molar-refractivity contribution in [2.75, 3.05) is 0 Å². The summed E-state index contributed by atoms with van der Waals surface area (Å²) in [6.07, 6.45) is 0. The van der Waals surface area contributed by atoms with Gasteiger partial charge in [0.2, 0.25) is 0 Å². The van der Waals surface area contributed by atoms with E-state index in [9.17, 15) is 0 Å². The molecule has 2 rings (SSSR count). The zero-order chi connectivity index (χ0) is 6.97. The normalized spacial score (nSPS) is 9.55. The fraction of sp³-hybridized carbons (Fsp3) is 0.125. The van der Waals surface area contributed by atoms with Gasteiger partial charge >= 0.3 is 51.4 Å². The Morgan fingerprint density at radius 3 is 2.73 bits per heavy atom. The Morgan fingerprint density at radius 1 is 1.27 bits per heavy atom. The number of thiazole rings is 1. The minimum atomic E-state index is 0. The summed E-state index contributed by atoms with van der Waals surface area (Å²) in [6, 6.07) is 8.19. The van der Waals surface area contributed by atoms with Crippen LogP contribution in [-0.4, -0.2) is 56.4 Å². The molecule has 1 aromatic heterocycles. The van der Waals surface area contributed by atoms with Gasteiger partial charge < -0.3 is 0 Å². The Kier molecular flexibility index (Phi) is 3.68. The van der Waals surface area contributed by atoms with Crippen LogP contribution in [0.3, 0.4) is 0 Å². The summed E-state index contributed by atoms with van der Waals surface area (Å²) in [6.45, 7) is 2.03. The molecule has 52 valence electrons. The van der Waals surface area contributed by atoms with Crippen LogP contribution in [0.2, 0.25) is 0 Å². The number of aryl methyl sites for hydroxylation is 1. The summed E-state index contributed by atoms with van der Waals surface area (Å²) >= 11 is 1.74. The summed E-state index contributed by atoms with van der Waals surface area (Å²) in [5, 5.41) is 1.14. The van der Waals surface area contributed by atoms with E-state index in [1.54, 1.807) is 11.3 Å². The maximum absolute atomic E-state index is 4.33. The molecule has 1 nitrogen and oxygen atoms in total. The topological polar surface area (TPSA) is 12.9 Å². The van der Waals surface area contributed by atoms with Gasteiger partial charge in [-0.3, -0.25) is 0 Å². The number of hydrogen-bond acceptors (Lipinski definition) is 2. The van der Waals surface area contributed by atoms with E-state index in [2.05, 4.69) is 11.1 Å². The Bertz CT molecular complexity index is 323. The molecule has 0 saturated heterocycles. The van der Waals surface area contributed by atoms with Gasteiger partial charge in [0.1, 0.15) is 0 Å². The van der Waals surface area contributed by atoms with Gasteiger partial charge in [0, 0.05) is 0 Å². The molecule has 3 heteroatoms. The van der Waals surface area contributed by atoms with E-state index in [-0.39, 0.29) is 51.4 Å². The summed E-state index contributed by atoms with van der Waals surface area (Å²) in [4.78, 5) is 4.33. The number of fused-ring (bicyclic) bond motifs is 1. The summed E-state index contributed by atoms with van der Waals surface area (Å²) < 4.78 is 1.28. The third-order valence-corrected chi connectivity index (χ3v) is 2.35. The predicted octanol–water partition coefficient (Wildman–Crippen LogP) is 1.96. The second-order valence-corrected chi connectivity index (χ2v) is 3.44. The average Bonchev–Trinajstić information content (AvgIpc) is 2.27. The van der Waals surface area contributed by atoms with Crippen molar-refractivity contribution in [2.24, 2.45) is 0 Å². The zero-order valence-corrected chi connectivity index (χ0v) is 6.48. The van der Waals surface area contributed by atoms with Crippen molar-refractivity contribution in [3.05, 3.63) is 29.3 Å². The molecule has 0 bridgehead atoms. The second kappa shape index (κ2) is 4.12. The van der Waals surface area contributed by atoms with Crippen molar-refractivity contribution >= 4 is 72.9 Å². The van der Waals surface area contributed by atoms with E-state index in [4.69, 9.17) is 0 Å². The minimum absolute atomic E-state index is 0. The predicted molar refractivity (Wildman–Crippen MR) is 51.5 cm³/mol. The van der Waals surface area contributed by atoms with Crippen molar-refractivity contribution in [2.45, 2.75) is 6.92 Å². The van der Waals surface area contributed by atoms with E-state index < -0.39 is 0 Å². The molecule has 0 fully saturated rings. The first-order valence-corrected chi connectivity index (χ1v) is 4.00. The quantitative estimate of drug-likeness (QED) is 0.577. The molecule has 1 aromatic carbocycles. The van der Waals surface area contributed by atoms with Crippen molar-refractivity contribution in [1.82, 2.24) is 4.98 Å². The van der Waals surface area contributed by atoms with E-state index in [0.717, 1.165) is 10.5 Å². The molecule has 11 heavy (non-hydrogen) atoms. The Balaban J connectivity index is 0.000000605. The van der Waals surface area contributed by atoms with Crippen LogP contribution >= 0.6 is 11.3 Å².